The molecule has 1 atom stereocenters. The number of rotatable bonds is 8. The zero-order valence-electron chi connectivity index (χ0n) is 17.1. The fourth-order valence-electron chi connectivity index (χ4n) is 3.91. The molecule has 0 spiro atoms. The quantitative estimate of drug-likeness (QED) is 0.363. The average molecular weight is 457 g/mol. The normalized spacial score (nSPS) is 16.2. The lowest BCUT2D eigenvalue weighted by Crippen LogP contribution is -2.29. The highest BCUT2D eigenvalue weighted by atomic mass is 79.9. The van der Waals surface area contributed by atoms with E-state index in [1.807, 2.05) is 6.07 Å². The first-order valence-corrected chi connectivity index (χ1v) is 11.2. The van der Waals surface area contributed by atoms with Crippen molar-refractivity contribution in [1.82, 2.24) is 20.3 Å². The van der Waals surface area contributed by atoms with Gasteiger partial charge in [0.15, 0.2) is 0 Å². The number of nitrogens with one attached hydrogen (secondary N) is 4. The van der Waals surface area contributed by atoms with Crippen molar-refractivity contribution in [2.45, 2.75) is 39.2 Å². The molecular formula is C22H29BrN6. The molecule has 4 rings (SSSR count). The Balaban J connectivity index is 1.33. The van der Waals surface area contributed by atoms with Crippen LogP contribution in [0, 0.1) is 5.92 Å². The lowest BCUT2D eigenvalue weighted by atomic mass is 9.92. The molecule has 0 saturated carbocycles. The van der Waals surface area contributed by atoms with Crippen LogP contribution in [0.25, 0.3) is 10.9 Å². The summed E-state index contributed by atoms with van der Waals surface area (Å²) < 4.78 is 1.14. The van der Waals surface area contributed by atoms with E-state index in [1.54, 1.807) is 6.20 Å². The molecular weight excluding hydrogens is 428 g/mol. The second-order valence-corrected chi connectivity index (χ2v) is 8.99. The van der Waals surface area contributed by atoms with E-state index in [0.717, 1.165) is 42.8 Å². The van der Waals surface area contributed by atoms with Crippen molar-refractivity contribution in [3.05, 3.63) is 46.2 Å². The van der Waals surface area contributed by atoms with Crippen molar-refractivity contribution >= 4 is 38.6 Å². The molecule has 0 fully saturated rings. The van der Waals surface area contributed by atoms with E-state index in [0.29, 0.717) is 17.9 Å². The number of H-pyrrole nitrogens is 1. The predicted molar refractivity (Wildman–Crippen MR) is 124 cm³/mol. The van der Waals surface area contributed by atoms with Crippen molar-refractivity contribution in [3.63, 3.8) is 0 Å². The van der Waals surface area contributed by atoms with Gasteiger partial charge in [-0.15, -0.1) is 0 Å². The van der Waals surface area contributed by atoms with E-state index in [2.05, 4.69) is 78.9 Å². The largest absolute Gasteiger partial charge is 0.369 e. The number of aromatic amines is 1. The molecule has 154 valence electrons. The van der Waals surface area contributed by atoms with Crippen molar-refractivity contribution in [1.29, 1.82) is 0 Å². The number of hydrogen-bond acceptors (Lipinski definition) is 5. The lowest BCUT2D eigenvalue weighted by molar-refractivity contribution is 0.461. The standard InChI is InChI=1S/C22H29BrN6/c1-14(2)13-27-22-26-9-8-20(29-22)25-11-10-24-19-5-3-4-16-17-12-15(23)6-7-18(17)28-21(16)19/h6-9,12,14,19,24,28H,3-5,10-11,13H2,1-2H3,(H2,25,26,27,29). The highest BCUT2D eigenvalue weighted by molar-refractivity contribution is 9.10. The minimum Gasteiger partial charge on any atom is -0.369 e. The first-order chi connectivity index (χ1) is 14.1. The number of halogens is 1. The van der Waals surface area contributed by atoms with Gasteiger partial charge >= 0.3 is 0 Å². The summed E-state index contributed by atoms with van der Waals surface area (Å²) in [6, 6.07) is 8.78. The number of fused-ring (bicyclic) bond motifs is 3. The Labute approximate surface area is 180 Å². The van der Waals surface area contributed by atoms with Crippen LogP contribution in [0.1, 0.15) is 44.0 Å². The van der Waals surface area contributed by atoms with Crippen molar-refractivity contribution in [3.8, 4) is 0 Å². The molecule has 1 aliphatic carbocycles. The molecule has 0 radical (unpaired) electrons. The van der Waals surface area contributed by atoms with Gasteiger partial charge in [-0.05, 0) is 55.0 Å². The number of anilines is 2. The van der Waals surface area contributed by atoms with E-state index in [1.165, 1.54) is 28.6 Å². The SMILES string of the molecule is CC(C)CNc1nccc(NCCNC2CCCc3c2[nH]c2ccc(Br)cc32)n1. The molecule has 2 aromatic heterocycles. The van der Waals surface area contributed by atoms with Gasteiger partial charge in [0.2, 0.25) is 5.95 Å². The topological polar surface area (TPSA) is 77.7 Å². The Hall–Kier alpha value is -2.12. The molecule has 1 unspecified atom stereocenters. The summed E-state index contributed by atoms with van der Waals surface area (Å²) in [7, 11) is 0. The van der Waals surface area contributed by atoms with Gasteiger partial charge in [-0.1, -0.05) is 29.8 Å². The molecule has 0 bridgehead atoms. The second-order valence-electron chi connectivity index (χ2n) is 8.07. The first-order valence-electron chi connectivity index (χ1n) is 10.4. The lowest BCUT2D eigenvalue weighted by Gasteiger charge is -2.24. The smallest absolute Gasteiger partial charge is 0.224 e. The maximum absolute atomic E-state index is 4.53. The molecule has 3 aromatic rings. The van der Waals surface area contributed by atoms with Crippen molar-refractivity contribution in [2.24, 2.45) is 5.92 Å². The summed E-state index contributed by atoms with van der Waals surface area (Å²) in [5, 5.41) is 11.7. The molecule has 1 aromatic carbocycles. The Morgan fingerprint density at radius 1 is 1.21 bits per heavy atom. The third kappa shape index (κ3) is 4.90. The molecule has 4 N–H and O–H groups in total. The Bertz CT molecular complexity index is 967. The Kier molecular flexibility index (Phi) is 6.35. The number of aryl methyl sites for hydroxylation is 1. The van der Waals surface area contributed by atoms with Gasteiger partial charge in [0.05, 0.1) is 0 Å². The van der Waals surface area contributed by atoms with Gasteiger partial charge in [0, 0.05) is 52.9 Å². The molecule has 2 heterocycles. The van der Waals surface area contributed by atoms with Crippen LogP contribution in [-0.4, -0.2) is 34.6 Å². The number of hydrogen-bond donors (Lipinski definition) is 4. The van der Waals surface area contributed by atoms with Gasteiger partial charge in [0.1, 0.15) is 5.82 Å². The molecule has 0 saturated heterocycles. The van der Waals surface area contributed by atoms with Crippen LogP contribution in [-0.2, 0) is 6.42 Å². The summed E-state index contributed by atoms with van der Waals surface area (Å²) in [5.41, 5.74) is 4.05. The van der Waals surface area contributed by atoms with Crippen LogP contribution < -0.4 is 16.0 Å². The third-order valence-corrected chi connectivity index (χ3v) is 5.81. The van der Waals surface area contributed by atoms with E-state index in [-0.39, 0.29) is 0 Å². The minimum absolute atomic E-state index is 0.375. The van der Waals surface area contributed by atoms with Crippen molar-refractivity contribution in [2.75, 3.05) is 30.3 Å². The van der Waals surface area contributed by atoms with Crippen LogP contribution in [0.15, 0.2) is 34.9 Å². The highest BCUT2D eigenvalue weighted by Gasteiger charge is 2.23. The summed E-state index contributed by atoms with van der Waals surface area (Å²) in [4.78, 5) is 12.5. The molecule has 0 amide bonds. The maximum Gasteiger partial charge on any atom is 0.224 e. The predicted octanol–water partition coefficient (Wildman–Crippen LogP) is 4.87. The molecule has 0 aliphatic heterocycles. The van der Waals surface area contributed by atoms with Crippen molar-refractivity contribution < 1.29 is 0 Å². The molecule has 29 heavy (non-hydrogen) atoms. The number of aromatic nitrogens is 3. The van der Waals surface area contributed by atoms with E-state index >= 15 is 0 Å². The number of nitrogens with zero attached hydrogens (tertiary/aromatic N) is 2. The summed E-state index contributed by atoms with van der Waals surface area (Å²) in [6.07, 6.45) is 5.32. The number of benzene rings is 1. The minimum atomic E-state index is 0.375. The molecule has 1 aliphatic rings. The van der Waals surface area contributed by atoms with E-state index < -0.39 is 0 Å². The summed E-state index contributed by atoms with van der Waals surface area (Å²) in [6.45, 7) is 6.91. The summed E-state index contributed by atoms with van der Waals surface area (Å²) >= 11 is 3.60. The highest BCUT2D eigenvalue weighted by Crippen LogP contribution is 2.35. The monoisotopic (exact) mass is 456 g/mol. The van der Waals surface area contributed by atoms with Crippen LogP contribution >= 0.6 is 15.9 Å². The van der Waals surface area contributed by atoms with Crippen LogP contribution in [0.2, 0.25) is 0 Å². The maximum atomic E-state index is 4.53. The van der Waals surface area contributed by atoms with E-state index in [9.17, 15) is 0 Å². The van der Waals surface area contributed by atoms with Crippen LogP contribution in [0.4, 0.5) is 11.8 Å². The first kappa shape index (κ1) is 20.2. The van der Waals surface area contributed by atoms with Gasteiger partial charge in [0.25, 0.3) is 0 Å². The second kappa shape index (κ2) is 9.13. The third-order valence-electron chi connectivity index (χ3n) is 5.32. The van der Waals surface area contributed by atoms with Gasteiger partial charge in [-0.2, -0.15) is 4.98 Å². The van der Waals surface area contributed by atoms with E-state index in [4.69, 9.17) is 0 Å². The van der Waals surface area contributed by atoms with Gasteiger partial charge in [-0.25, -0.2) is 4.98 Å². The Morgan fingerprint density at radius 3 is 2.97 bits per heavy atom. The molecule has 6 nitrogen and oxygen atoms in total. The van der Waals surface area contributed by atoms with Gasteiger partial charge in [-0.3, -0.25) is 0 Å². The van der Waals surface area contributed by atoms with Crippen LogP contribution in [0.5, 0.6) is 0 Å². The summed E-state index contributed by atoms with van der Waals surface area (Å²) in [5.74, 6) is 2.09. The zero-order valence-corrected chi connectivity index (χ0v) is 18.6. The average Bonchev–Trinajstić information content (AvgIpc) is 3.09. The molecule has 7 heteroatoms. The van der Waals surface area contributed by atoms with Crippen LogP contribution in [0.3, 0.4) is 0 Å². The Morgan fingerprint density at radius 2 is 2.10 bits per heavy atom. The van der Waals surface area contributed by atoms with Gasteiger partial charge < -0.3 is 20.9 Å². The fourth-order valence-corrected chi connectivity index (χ4v) is 4.27. The zero-order chi connectivity index (χ0) is 20.2. The fraction of sp³-hybridized carbons (Fsp3) is 0.455.